The SMILES string of the molecule is NC1CCCCC1C(=O)NC1CCCc2sccc21. The molecule has 1 saturated carbocycles. The van der Waals surface area contributed by atoms with Crippen LogP contribution < -0.4 is 11.1 Å². The van der Waals surface area contributed by atoms with Gasteiger partial charge in [0.2, 0.25) is 5.91 Å². The maximum Gasteiger partial charge on any atom is 0.225 e. The summed E-state index contributed by atoms with van der Waals surface area (Å²) in [6.45, 7) is 0. The van der Waals surface area contributed by atoms with E-state index in [1.165, 1.54) is 29.7 Å². The molecule has 4 heteroatoms. The largest absolute Gasteiger partial charge is 0.349 e. The number of nitrogens with one attached hydrogen (secondary N) is 1. The molecule has 3 N–H and O–H groups in total. The molecule has 104 valence electrons. The van der Waals surface area contributed by atoms with E-state index in [4.69, 9.17) is 5.73 Å². The van der Waals surface area contributed by atoms with Crippen LogP contribution in [0, 0.1) is 5.92 Å². The number of aryl methyl sites for hydroxylation is 1. The Bertz CT molecular complexity index is 457. The molecule has 3 unspecified atom stereocenters. The van der Waals surface area contributed by atoms with E-state index in [0.29, 0.717) is 0 Å². The number of thiophene rings is 1. The molecule has 2 aliphatic carbocycles. The van der Waals surface area contributed by atoms with Crippen molar-refractivity contribution in [1.29, 1.82) is 0 Å². The molecular weight excluding hydrogens is 256 g/mol. The van der Waals surface area contributed by atoms with Crippen LogP contribution in [0.3, 0.4) is 0 Å². The second kappa shape index (κ2) is 5.63. The topological polar surface area (TPSA) is 55.1 Å². The number of amides is 1. The summed E-state index contributed by atoms with van der Waals surface area (Å²) in [6.07, 6.45) is 7.67. The highest BCUT2D eigenvalue weighted by Gasteiger charge is 2.31. The molecule has 2 aliphatic rings. The first-order chi connectivity index (χ1) is 9.25. The Morgan fingerprint density at radius 3 is 2.95 bits per heavy atom. The van der Waals surface area contributed by atoms with Crippen LogP contribution in [0.25, 0.3) is 0 Å². The van der Waals surface area contributed by atoms with E-state index in [1.807, 2.05) is 11.3 Å². The molecule has 3 rings (SSSR count). The van der Waals surface area contributed by atoms with Gasteiger partial charge in [0.15, 0.2) is 0 Å². The van der Waals surface area contributed by atoms with Crippen molar-refractivity contribution in [3.63, 3.8) is 0 Å². The zero-order valence-corrected chi connectivity index (χ0v) is 12.0. The predicted octanol–water partition coefficient (Wildman–Crippen LogP) is 2.76. The fraction of sp³-hybridized carbons (Fsp3) is 0.667. The van der Waals surface area contributed by atoms with Crippen molar-refractivity contribution in [2.24, 2.45) is 11.7 Å². The van der Waals surface area contributed by atoms with Crippen LogP contribution in [-0.2, 0) is 11.2 Å². The van der Waals surface area contributed by atoms with Gasteiger partial charge in [-0.05, 0) is 49.1 Å². The molecule has 1 heterocycles. The summed E-state index contributed by atoms with van der Waals surface area (Å²) in [5.41, 5.74) is 7.44. The summed E-state index contributed by atoms with van der Waals surface area (Å²) in [5, 5.41) is 5.39. The van der Waals surface area contributed by atoms with Gasteiger partial charge in [0.05, 0.1) is 12.0 Å². The normalized spacial score (nSPS) is 30.7. The van der Waals surface area contributed by atoms with Crippen molar-refractivity contribution in [2.45, 2.75) is 57.0 Å². The smallest absolute Gasteiger partial charge is 0.225 e. The molecule has 0 radical (unpaired) electrons. The average Bonchev–Trinajstić information content (AvgIpc) is 2.88. The Hall–Kier alpha value is -0.870. The van der Waals surface area contributed by atoms with E-state index in [2.05, 4.69) is 16.8 Å². The molecule has 19 heavy (non-hydrogen) atoms. The zero-order valence-electron chi connectivity index (χ0n) is 11.2. The fourth-order valence-corrected chi connectivity index (χ4v) is 4.39. The van der Waals surface area contributed by atoms with Crippen molar-refractivity contribution in [2.75, 3.05) is 0 Å². The highest BCUT2D eigenvalue weighted by molar-refractivity contribution is 7.10. The number of nitrogens with two attached hydrogens (primary N) is 1. The van der Waals surface area contributed by atoms with Gasteiger partial charge >= 0.3 is 0 Å². The van der Waals surface area contributed by atoms with Crippen molar-refractivity contribution < 1.29 is 4.79 Å². The molecule has 1 amide bonds. The maximum absolute atomic E-state index is 12.4. The summed E-state index contributed by atoms with van der Waals surface area (Å²) in [7, 11) is 0. The van der Waals surface area contributed by atoms with Crippen LogP contribution >= 0.6 is 11.3 Å². The van der Waals surface area contributed by atoms with E-state index in [0.717, 1.165) is 25.7 Å². The first-order valence-electron chi connectivity index (χ1n) is 7.38. The lowest BCUT2D eigenvalue weighted by Crippen LogP contribution is -2.45. The minimum Gasteiger partial charge on any atom is -0.349 e. The lowest BCUT2D eigenvalue weighted by molar-refractivity contribution is -0.127. The van der Waals surface area contributed by atoms with Crippen LogP contribution in [0.1, 0.15) is 55.0 Å². The number of hydrogen-bond donors (Lipinski definition) is 2. The van der Waals surface area contributed by atoms with Crippen molar-refractivity contribution >= 4 is 17.2 Å². The van der Waals surface area contributed by atoms with Gasteiger partial charge in [0, 0.05) is 10.9 Å². The van der Waals surface area contributed by atoms with E-state index in [1.54, 1.807) is 0 Å². The maximum atomic E-state index is 12.4. The quantitative estimate of drug-likeness (QED) is 0.874. The van der Waals surface area contributed by atoms with Crippen LogP contribution in [0.5, 0.6) is 0 Å². The molecular formula is C15H22N2OS. The Morgan fingerprint density at radius 1 is 1.26 bits per heavy atom. The molecule has 0 saturated heterocycles. The lowest BCUT2D eigenvalue weighted by atomic mass is 9.84. The summed E-state index contributed by atoms with van der Waals surface area (Å²) >= 11 is 1.82. The van der Waals surface area contributed by atoms with E-state index in [9.17, 15) is 4.79 Å². The van der Waals surface area contributed by atoms with Crippen LogP contribution in [0.2, 0.25) is 0 Å². The first kappa shape index (κ1) is 13.1. The third-order valence-electron chi connectivity index (χ3n) is 4.52. The van der Waals surface area contributed by atoms with Crippen molar-refractivity contribution in [3.8, 4) is 0 Å². The highest BCUT2D eigenvalue weighted by atomic mass is 32.1. The van der Waals surface area contributed by atoms with E-state index < -0.39 is 0 Å². The van der Waals surface area contributed by atoms with Gasteiger partial charge in [0.1, 0.15) is 0 Å². The standard InChI is InChI=1S/C15H22N2OS/c16-12-5-2-1-4-10(12)15(18)17-13-6-3-7-14-11(13)8-9-19-14/h8-10,12-13H,1-7,16H2,(H,17,18). The van der Waals surface area contributed by atoms with Gasteiger partial charge in [-0.1, -0.05) is 12.8 Å². The predicted molar refractivity (Wildman–Crippen MR) is 78.1 cm³/mol. The molecule has 3 atom stereocenters. The van der Waals surface area contributed by atoms with Crippen LogP contribution in [0.15, 0.2) is 11.4 Å². The van der Waals surface area contributed by atoms with E-state index >= 15 is 0 Å². The molecule has 1 aromatic heterocycles. The summed E-state index contributed by atoms with van der Waals surface area (Å²) in [4.78, 5) is 13.9. The number of hydrogen-bond acceptors (Lipinski definition) is 3. The molecule has 0 spiro atoms. The molecule has 0 aromatic carbocycles. The van der Waals surface area contributed by atoms with Crippen LogP contribution in [-0.4, -0.2) is 11.9 Å². The van der Waals surface area contributed by atoms with Gasteiger partial charge in [0.25, 0.3) is 0 Å². The minimum absolute atomic E-state index is 0.0257. The highest BCUT2D eigenvalue weighted by Crippen LogP contribution is 2.34. The molecule has 3 nitrogen and oxygen atoms in total. The number of carbonyl (C=O) groups excluding carboxylic acids is 1. The Morgan fingerprint density at radius 2 is 2.11 bits per heavy atom. The summed E-state index contributed by atoms with van der Waals surface area (Å²) in [5.74, 6) is 0.203. The van der Waals surface area contributed by atoms with Gasteiger partial charge in [-0.2, -0.15) is 0 Å². The fourth-order valence-electron chi connectivity index (χ4n) is 3.40. The minimum atomic E-state index is 0.0257. The zero-order chi connectivity index (χ0) is 13.2. The Kier molecular flexibility index (Phi) is 3.89. The number of carbonyl (C=O) groups is 1. The van der Waals surface area contributed by atoms with Crippen molar-refractivity contribution in [1.82, 2.24) is 5.32 Å². The Balaban J connectivity index is 1.67. The van der Waals surface area contributed by atoms with E-state index in [-0.39, 0.29) is 23.9 Å². The monoisotopic (exact) mass is 278 g/mol. The molecule has 1 aromatic rings. The van der Waals surface area contributed by atoms with Gasteiger partial charge < -0.3 is 11.1 Å². The lowest BCUT2D eigenvalue weighted by Gasteiger charge is -2.30. The number of rotatable bonds is 2. The molecule has 1 fully saturated rings. The summed E-state index contributed by atoms with van der Waals surface area (Å²) in [6, 6.07) is 2.45. The first-order valence-corrected chi connectivity index (χ1v) is 8.26. The molecule has 0 bridgehead atoms. The summed E-state index contributed by atoms with van der Waals surface area (Å²) < 4.78 is 0. The third kappa shape index (κ3) is 2.70. The van der Waals surface area contributed by atoms with Crippen molar-refractivity contribution in [3.05, 3.63) is 21.9 Å². The second-order valence-electron chi connectivity index (χ2n) is 5.81. The third-order valence-corrected chi connectivity index (χ3v) is 5.52. The van der Waals surface area contributed by atoms with Gasteiger partial charge in [-0.25, -0.2) is 0 Å². The average molecular weight is 278 g/mol. The second-order valence-corrected chi connectivity index (χ2v) is 6.81. The van der Waals surface area contributed by atoms with Gasteiger partial charge in [-0.15, -0.1) is 11.3 Å². The Labute approximate surface area is 118 Å². The van der Waals surface area contributed by atoms with Gasteiger partial charge in [-0.3, -0.25) is 4.79 Å². The number of fused-ring (bicyclic) bond motifs is 1. The molecule has 0 aliphatic heterocycles. The van der Waals surface area contributed by atoms with Crippen LogP contribution in [0.4, 0.5) is 0 Å².